The molecule has 2 unspecified atom stereocenters. The van der Waals surface area contributed by atoms with Crippen molar-refractivity contribution in [1.82, 2.24) is 9.97 Å². The highest BCUT2D eigenvalue weighted by molar-refractivity contribution is 6.03. The lowest BCUT2D eigenvalue weighted by atomic mass is 9.99. The molecular formula is C27H26N2O6. The van der Waals surface area contributed by atoms with Gasteiger partial charge < -0.3 is 23.7 Å². The number of nitrogens with zero attached hydrogens (tertiary/aromatic N) is 2. The number of carboxylic acids is 1. The van der Waals surface area contributed by atoms with E-state index in [0.29, 0.717) is 22.7 Å². The minimum atomic E-state index is -0.929. The fourth-order valence-electron chi connectivity index (χ4n) is 3.71. The molecule has 4 aromatic rings. The number of aliphatic carboxylic acids is 1. The van der Waals surface area contributed by atoms with Crippen molar-refractivity contribution in [3.05, 3.63) is 73.6 Å². The molecule has 0 spiro atoms. The van der Waals surface area contributed by atoms with Crippen molar-refractivity contribution in [3.8, 4) is 34.1 Å². The quantitative estimate of drug-likeness (QED) is 0.289. The minimum absolute atomic E-state index is 0.0599. The van der Waals surface area contributed by atoms with E-state index in [2.05, 4.69) is 16.5 Å². The van der Waals surface area contributed by atoms with Crippen molar-refractivity contribution in [3.63, 3.8) is 0 Å². The van der Waals surface area contributed by atoms with E-state index < -0.39 is 18.2 Å². The van der Waals surface area contributed by atoms with Gasteiger partial charge in [0.1, 0.15) is 29.3 Å². The maximum Gasteiger partial charge on any atom is 0.305 e. The Kier molecular flexibility index (Phi) is 7.42. The maximum absolute atomic E-state index is 10.8. The molecule has 2 aromatic carbocycles. The molecule has 2 heterocycles. The van der Waals surface area contributed by atoms with Crippen LogP contribution in [-0.4, -0.2) is 47.0 Å². The highest BCUT2D eigenvalue weighted by atomic mass is 16.5. The predicted molar refractivity (Wildman–Crippen MR) is 132 cm³/mol. The van der Waals surface area contributed by atoms with Crippen molar-refractivity contribution in [2.45, 2.75) is 25.6 Å². The standard InChI is InChI=1S/C27H26N2O6/c1-4-21(17(2)33-15-14-22(30)31)34-26-24-23(18-10-12-20(32-3)13-11-18)25(19-8-6-5-7-9-19)35-27(24)29-16-28-26/h4-13,16-17,21H,1,14-15H2,2-3H3,(H,30,31). The summed E-state index contributed by atoms with van der Waals surface area (Å²) in [6, 6.07) is 17.4. The van der Waals surface area contributed by atoms with Gasteiger partial charge in [-0.25, -0.2) is 9.97 Å². The van der Waals surface area contributed by atoms with Crippen LogP contribution in [0, 0.1) is 0 Å². The average Bonchev–Trinajstić information content (AvgIpc) is 3.28. The molecule has 0 saturated carbocycles. The zero-order valence-electron chi connectivity index (χ0n) is 19.5. The molecule has 35 heavy (non-hydrogen) atoms. The molecule has 2 atom stereocenters. The summed E-state index contributed by atoms with van der Waals surface area (Å²) in [6.07, 6.45) is 1.84. The average molecular weight is 475 g/mol. The van der Waals surface area contributed by atoms with Gasteiger partial charge in [-0.05, 0) is 30.7 Å². The SMILES string of the molecule is C=CC(Oc1ncnc2oc(-c3ccccc3)c(-c3ccc(OC)cc3)c12)C(C)OCCC(=O)O. The van der Waals surface area contributed by atoms with Crippen LogP contribution in [0.5, 0.6) is 11.6 Å². The van der Waals surface area contributed by atoms with E-state index in [4.69, 9.17) is 23.7 Å². The van der Waals surface area contributed by atoms with Gasteiger partial charge in [0.15, 0.2) is 0 Å². The van der Waals surface area contributed by atoms with E-state index >= 15 is 0 Å². The first-order valence-electron chi connectivity index (χ1n) is 11.1. The van der Waals surface area contributed by atoms with Crippen molar-refractivity contribution < 1.29 is 28.5 Å². The Labute approximate surface area is 202 Å². The molecule has 2 aromatic heterocycles. The fourth-order valence-corrected chi connectivity index (χ4v) is 3.71. The molecule has 0 aliphatic rings. The molecular weight excluding hydrogens is 448 g/mol. The van der Waals surface area contributed by atoms with Gasteiger partial charge in [-0.1, -0.05) is 49.0 Å². The number of ether oxygens (including phenoxy) is 3. The van der Waals surface area contributed by atoms with Crippen LogP contribution in [0.1, 0.15) is 13.3 Å². The third-order valence-electron chi connectivity index (χ3n) is 5.51. The number of hydrogen-bond acceptors (Lipinski definition) is 7. The summed E-state index contributed by atoms with van der Waals surface area (Å²) in [5, 5.41) is 9.49. The van der Waals surface area contributed by atoms with Crippen molar-refractivity contribution in [2.75, 3.05) is 13.7 Å². The lowest BCUT2D eigenvalue weighted by Crippen LogP contribution is -2.30. The molecule has 1 N–H and O–H groups in total. The molecule has 0 fully saturated rings. The van der Waals surface area contributed by atoms with Crippen LogP contribution in [0.25, 0.3) is 33.6 Å². The summed E-state index contributed by atoms with van der Waals surface area (Å²) in [5.74, 6) is 0.749. The van der Waals surface area contributed by atoms with Crippen LogP contribution in [0.4, 0.5) is 0 Å². The fraction of sp³-hybridized carbons (Fsp3) is 0.222. The second-order valence-electron chi connectivity index (χ2n) is 7.80. The monoisotopic (exact) mass is 474 g/mol. The third kappa shape index (κ3) is 5.33. The number of rotatable bonds is 11. The van der Waals surface area contributed by atoms with Gasteiger partial charge in [0, 0.05) is 11.1 Å². The highest BCUT2D eigenvalue weighted by Gasteiger charge is 2.25. The van der Waals surface area contributed by atoms with E-state index in [9.17, 15) is 4.79 Å². The number of carboxylic acid groups (broad SMARTS) is 1. The van der Waals surface area contributed by atoms with Crippen LogP contribution in [0.15, 0.2) is 78.0 Å². The smallest absolute Gasteiger partial charge is 0.305 e. The molecule has 0 amide bonds. The summed E-state index contributed by atoms with van der Waals surface area (Å²) in [7, 11) is 1.62. The van der Waals surface area contributed by atoms with E-state index in [1.165, 1.54) is 6.33 Å². The predicted octanol–water partition coefficient (Wildman–Crippen LogP) is 5.38. The molecule has 180 valence electrons. The molecule has 0 aliphatic carbocycles. The maximum atomic E-state index is 10.8. The van der Waals surface area contributed by atoms with E-state index in [0.717, 1.165) is 22.4 Å². The van der Waals surface area contributed by atoms with Gasteiger partial charge in [0.25, 0.3) is 0 Å². The van der Waals surface area contributed by atoms with Gasteiger partial charge in [-0.2, -0.15) is 0 Å². The molecule has 8 nitrogen and oxygen atoms in total. The second-order valence-corrected chi connectivity index (χ2v) is 7.80. The molecule has 8 heteroatoms. The molecule has 0 aliphatic heterocycles. The summed E-state index contributed by atoms with van der Waals surface area (Å²) >= 11 is 0. The Morgan fingerprint density at radius 3 is 2.51 bits per heavy atom. The van der Waals surface area contributed by atoms with E-state index in [1.807, 2.05) is 54.6 Å². The van der Waals surface area contributed by atoms with Crippen LogP contribution >= 0.6 is 0 Å². The lowest BCUT2D eigenvalue weighted by Gasteiger charge is -2.22. The molecule has 0 bridgehead atoms. The summed E-state index contributed by atoms with van der Waals surface area (Å²) < 4.78 is 23.4. The number of aromatic nitrogens is 2. The van der Waals surface area contributed by atoms with Crippen LogP contribution < -0.4 is 9.47 Å². The number of benzene rings is 2. The van der Waals surface area contributed by atoms with E-state index in [1.54, 1.807) is 20.1 Å². The molecule has 4 rings (SSSR count). The van der Waals surface area contributed by atoms with Crippen LogP contribution in [-0.2, 0) is 9.53 Å². The van der Waals surface area contributed by atoms with Crippen molar-refractivity contribution in [1.29, 1.82) is 0 Å². The zero-order valence-corrected chi connectivity index (χ0v) is 19.5. The first-order chi connectivity index (χ1) is 17.0. The highest BCUT2D eigenvalue weighted by Crippen LogP contribution is 2.43. The summed E-state index contributed by atoms with van der Waals surface area (Å²) in [6.45, 7) is 5.71. The Bertz CT molecular complexity index is 1300. The van der Waals surface area contributed by atoms with Crippen molar-refractivity contribution in [2.24, 2.45) is 0 Å². The van der Waals surface area contributed by atoms with Crippen LogP contribution in [0.3, 0.4) is 0 Å². The third-order valence-corrected chi connectivity index (χ3v) is 5.51. The summed E-state index contributed by atoms with van der Waals surface area (Å²) in [4.78, 5) is 19.6. The van der Waals surface area contributed by atoms with E-state index in [-0.39, 0.29) is 13.0 Å². The first-order valence-corrected chi connectivity index (χ1v) is 11.1. The second kappa shape index (κ2) is 10.8. The zero-order chi connectivity index (χ0) is 24.8. The van der Waals surface area contributed by atoms with Gasteiger partial charge in [-0.15, -0.1) is 0 Å². The van der Waals surface area contributed by atoms with Gasteiger partial charge in [-0.3, -0.25) is 4.79 Å². The van der Waals surface area contributed by atoms with Gasteiger partial charge >= 0.3 is 5.97 Å². The van der Waals surface area contributed by atoms with Gasteiger partial charge in [0.05, 0.1) is 26.2 Å². The lowest BCUT2D eigenvalue weighted by molar-refractivity contribution is -0.139. The molecule has 0 saturated heterocycles. The topological polar surface area (TPSA) is 104 Å². The Morgan fingerprint density at radius 2 is 1.86 bits per heavy atom. The number of methoxy groups -OCH3 is 1. The number of carbonyl (C=O) groups is 1. The normalized spacial score (nSPS) is 12.7. The minimum Gasteiger partial charge on any atom is -0.497 e. The number of fused-ring (bicyclic) bond motifs is 1. The summed E-state index contributed by atoms with van der Waals surface area (Å²) in [5.41, 5.74) is 2.92. The first kappa shape index (κ1) is 24.0. The Balaban J connectivity index is 1.79. The number of hydrogen-bond donors (Lipinski definition) is 1. The van der Waals surface area contributed by atoms with Crippen LogP contribution in [0.2, 0.25) is 0 Å². The molecule has 0 radical (unpaired) electrons. The number of furan rings is 1. The van der Waals surface area contributed by atoms with Gasteiger partial charge in [0.2, 0.25) is 11.6 Å². The Hall–Kier alpha value is -4.17. The van der Waals surface area contributed by atoms with Crippen molar-refractivity contribution >= 4 is 17.1 Å². The largest absolute Gasteiger partial charge is 0.497 e. The Morgan fingerprint density at radius 1 is 1.11 bits per heavy atom.